The predicted octanol–water partition coefficient (Wildman–Crippen LogP) is 1.56. The molecule has 0 amide bonds. The van der Waals surface area contributed by atoms with Crippen molar-refractivity contribution in [3.8, 4) is 0 Å². The molecule has 7 nitrogen and oxygen atoms in total. The number of hydrogen-bond donors (Lipinski definition) is 1. The Morgan fingerprint density at radius 2 is 2.20 bits per heavy atom. The molecule has 20 heavy (non-hydrogen) atoms. The molecule has 0 bridgehead atoms. The summed E-state index contributed by atoms with van der Waals surface area (Å²) in [6.45, 7) is 2.38. The van der Waals surface area contributed by atoms with Crippen LogP contribution in [0.4, 0.5) is 0 Å². The van der Waals surface area contributed by atoms with Crippen molar-refractivity contribution >= 4 is 5.97 Å². The van der Waals surface area contributed by atoms with Crippen LogP contribution in [0, 0.1) is 5.41 Å². The smallest absolute Gasteiger partial charge is 0.311 e. The van der Waals surface area contributed by atoms with Crippen LogP contribution < -0.4 is 0 Å². The number of rotatable bonds is 4. The van der Waals surface area contributed by atoms with E-state index in [2.05, 4.69) is 15.5 Å². The molecular formula is C13H20N4O3. The number of nitrogens with zero attached hydrogens (tertiary/aromatic N) is 4. The molecule has 7 heteroatoms. The van der Waals surface area contributed by atoms with Crippen LogP contribution in [-0.2, 0) is 16.1 Å². The molecule has 1 aromatic heterocycles. The lowest BCUT2D eigenvalue weighted by Crippen LogP contribution is -2.34. The van der Waals surface area contributed by atoms with Crippen LogP contribution in [0.3, 0.4) is 0 Å². The standard InChI is InChI=1S/C13H20N4O3/c1-9-4-5-10(20-9)11-14-15-16-17(11)8-13(12(18)19)6-2-3-7-13/h9-10H,2-8H2,1H3,(H,18,19). The van der Waals surface area contributed by atoms with Gasteiger partial charge in [-0.05, 0) is 43.0 Å². The lowest BCUT2D eigenvalue weighted by Gasteiger charge is -2.24. The van der Waals surface area contributed by atoms with Crippen LogP contribution >= 0.6 is 0 Å². The molecule has 0 aromatic carbocycles. The van der Waals surface area contributed by atoms with Gasteiger partial charge < -0.3 is 9.84 Å². The monoisotopic (exact) mass is 280 g/mol. The van der Waals surface area contributed by atoms with Gasteiger partial charge in [0, 0.05) is 0 Å². The summed E-state index contributed by atoms with van der Waals surface area (Å²) in [4.78, 5) is 11.6. The first kappa shape index (κ1) is 13.5. The Morgan fingerprint density at radius 3 is 2.80 bits per heavy atom. The summed E-state index contributed by atoms with van der Waals surface area (Å²) in [5, 5.41) is 21.3. The molecule has 2 fully saturated rings. The first-order valence-electron chi connectivity index (χ1n) is 7.26. The van der Waals surface area contributed by atoms with E-state index in [-0.39, 0.29) is 12.2 Å². The number of aliphatic carboxylic acids is 1. The topological polar surface area (TPSA) is 90.1 Å². The van der Waals surface area contributed by atoms with Crippen LogP contribution in [0.2, 0.25) is 0 Å². The molecule has 0 spiro atoms. The van der Waals surface area contributed by atoms with Gasteiger partial charge in [0.25, 0.3) is 0 Å². The minimum Gasteiger partial charge on any atom is -0.481 e. The number of hydrogen-bond acceptors (Lipinski definition) is 5. The maximum absolute atomic E-state index is 11.6. The minimum atomic E-state index is -0.739. The van der Waals surface area contributed by atoms with Gasteiger partial charge in [0.05, 0.1) is 18.1 Å². The van der Waals surface area contributed by atoms with E-state index in [4.69, 9.17) is 4.74 Å². The van der Waals surface area contributed by atoms with Gasteiger partial charge >= 0.3 is 5.97 Å². The van der Waals surface area contributed by atoms with E-state index in [1.54, 1.807) is 4.68 Å². The van der Waals surface area contributed by atoms with Gasteiger partial charge in [-0.15, -0.1) is 5.10 Å². The SMILES string of the molecule is CC1CCC(c2nnnn2CC2(C(=O)O)CCCC2)O1. The number of carboxylic acid groups (broad SMARTS) is 1. The van der Waals surface area contributed by atoms with Crippen molar-refractivity contribution in [1.82, 2.24) is 20.2 Å². The average molecular weight is 280 g/mol. The highest BCUT2D eigenvalue weighted by Crippen LogP contribution is 2.40. The fraction of sp³-hybridized carbons (Fsp3) is 0.846. The summed E-state index contributed by atoms with van der Waals surface area (Å²) in [5.74, 6) is -0.0703. The van der Waals surface area contributed by atoms with Crippen molar-refractivity contribution in [3.63, 3.8) is 0 Å². The molecule has 110 valence electrons. The third kappa shape index (κ3) is 2.30. The second-order valence-electron chi connectivity index (χ2n) is 6.00. The van der Waals surface area contributed by atoms with E-state index in [0.717, 1.165) is 25.7 Å². The van der Waals surface area contributed by atoms with Gasteiger partial charge in [-0.3, -0.25) is 4.79 Å². The molecule has 1 aliphatic carbocycles. The molecule has 1 aliphatic heterocycles. The highest BCUT2D eigenvalue weighted by atomic mass is 16.5. The quantitative estimate of drug-likeness (QED) is 0.900. The van der Waals surface area contributed by atoms with E-state index in [1.165, 1.54) is 0 Å². The van der Waals surface area contributed by atoms with Gasteiger partial charge in [-0.25, -0.2) is 4.68 Å². The van der Waals surface area contributed by atoms with Crippen molar-refractivity contribution in [2.45, 2.75) is 64.2 Å². The van der Waals surface area contributed by atoms with Gasteiger partial charge in [0.2, 0.25) is 0 Å². The Bertz CT molecular complexity index is 496. The first-order valence-corrected chi connectivity index (χ1v) is 7.26. The average Bonchev–Trinajstić information content (AvgIpc) is 3.10. The summed E-state index contributed by atoms with van der Waals surface area (Å²) < 4.78 is 7.43. The van der Waals surface area contributed by atoms with Gasteiger partial charge in [-0.1, -0.05) is 12.8 Å². The normalized spacial score (nSPS) is 28.9. The minimum absolute atomic E-state index is 0.104. The van der Waals surface area contributed by atoms with E-state index in [1.807, 2.05) is 6.92 Å². The zero-order valence-corrected chi connectivity index (χ0v) is 11.7. The van der Waals surface area contributed by atoms with Crippen molar-refractivity contribution in [1.29, 1.82) is 0 Å². The molecule has 1 aromatic rings. The number of aromatic nitrogens is 4. The second-order valence-corrected chi connectivity index (χ2v) is 6.00. The Kier molecular flexibility index (Phi) is 3.45. The van der Waals surface area contributed by atoms with Crippen molar-refractivity contribution < 1.29 is 14.6 Å². The van der Waals surface area contributed by atoms with Crippen LogP contribution in [0.1, 0.15) is 57.4 Å². The van der Waals surface area contributed by atoms with Gasteiger partial charge in [-0.2, -0.15) is 0 Å². The number of carbonyl (C=O) groups is 1. The predicted molar refractivity (Wildman–Crippen MR) is 68.9 cm³/mol. The molecule has 1 N–H and O–H groups in total. The highest BCUT2D eigenvalue weighted by molar-refractivity contribution is 5.74. The third-order valence-corrected chi connectivity index (χ3v) is 4.55. The molecule has 1 saturated heterocycles. The van der Waals surface area contributed by atoms with Crippen molar-refractivity contribution in [2.75, 3.05) is 0 Å². The highest BCUT2D eigenvalue weighted by Gasteiger charge is 2.43. The second kappa shape index (κ2) is 5.12. The fourth-order valence-corrected chi connectivity index (χ4v) is 3.33. The molecule has 2 heterocycles. The van der Waals surface area contributed by atoms with Crippen molar-refractivity contribution in [3.05, 3.63) is 5.82 Å². The summed E-state index contributed by atoms with van der Waals surface area (Å²) >= 11 is 0. The number of carboxylic acids is 1. The Hall–Kier alpha value is -1.50. The van der Waals surface area contributed by atoms with Gasteiger partial charge in [0.15, 0.2) is 5.82 Å². The zero-order valence-electron chi connectivity index (χ0n) is 11.7. The molecule has 1 saturated carbocycles. The Morgan fingerprint density at radius 1 is 1.45 bits per heavy atom. The van der Waals surface area contributed by atoms with Crippen LogP contribution in [0.25, 0.3) is 0 Å². The lowest BCUT2D eigenvalue weighted by atomic mass is 9.86. The van der Waals surface area contributed by atoms with E-state index >= 15 is 0 Å². The first-order chi connectivity index (χ1) is 9.61. The summed E-state index contributed by atoms with van der Waals surface area (Å²) in [6.07, 6.45) is 5.30. The molecule has 2 unspecified atom stereocenters. The van der Waals surface area contributed by atoms with Crippen LogP contribution in [0.5, 0.6) is 0 Å². The summed E-state index contributed by atoms with van der Waals surface area (Å²) in [5.41, 5.74) is -0.714. The Labute approximate surface area is 117 Å². The van der Waals surface area contributed by atoms with E-state index in [9.17, 15) is 9.90 Å². The zero-order chi connectivity index (χ0) is 14.2. The summed E-state index contributed by atoms with van der Waals surface area (Å²) in [6, 6.07) is 0. The number of ether oxygens (including phenoxy) is 1. The van der Waals surface area contributed by atoms with Gasteiger partial charge in [0.1, 0.15) is 6.10 Å². The maximum Gasteiger partial charge on any atom is 0.311 e. The maximum atomic E-state index is 11.6. The molecule has 2 atom stereocenters. The van der Waals surface area contributed by atoms with Crippen molar-refractivity contribution in [2.24, 2.45) is 5.41 Å². The largest absolute Gasteiger partial charge is 0.481 e. The summed E-state index contributed by atoms with van der Waals surface area (Å²) in [7, 11) is 0. The van der Waals surface area contributed by atoms with E-state index in [0.29, 0.717) is 25.2 Å². The van der Waals surface area contributed by atoms with E-state index < -0.39 is 11.4 Å². The fourth-order valence-electron chi connectivity index (χ4n) is 3.33. The molecule has 3 rings (SSSR count). The van der Waals surface area contributed by atoms with Crippen LogP contribution in [0.15, 0.2) is 0 Å². The Balaban J connectivity index is 1.81. The lowest BCUT2D eigenvalue weighted by molar-refractivity contribution is -0.149. The molecule has 0 radical (unpaired) electrons. The molecular weight excluding hydrogens is 260 g/mol. The molecule has 2 aliphatic rings. The van der Waals surface area contributed by atoms with Crippen LogP contribution in [-0.4, -0.2) is 37.4 Å². The number of tetrazole rings is 1. The third-order valence-electron chi connectivity index (χ3n) is 4.55.